The molecule has 9 heteroatoms. The molecule has 94 valence electrons. The molecule has 0 bridgehead atoms. The molecule has 0 fully saturated rings. The number of nitriles is 1. The molecule has 17 heavy (non-hydrogen) atoms. The fraction of sp³-hybridized carbons (Fsp3) is 0.625. The van der Waals surface area contributed by atoms with Gasteiger partial charge in [-0.15, -0.1) is 5.10 Å². The molecule has 0 saturated heterocycles. The van der Waals surface area contributed by atoms with Crippen molar-refractivity contribution in [3.05, 3.63) is 11.4 Å². The fourth-order valence-corrected chi connectivity index (χ4v) is 1.16. The predicted molar refractivity (Wildman–Crippen MR) is 45.1 cm³/mol. The maximum absolute atomic E-state index is 13.2. The van der Waals surface area contributed by atoms with E-state index in [0.717, 1.165) is 0 Å². The van der Waals surface area contributed by atoms with Crippen LogP contribution < -0.4 is 0 Å². The highest BCUT2D eigenvalue weighted by Crippen LogP contribution is 2.45. The van der Waals surface area contributed by atoms with E-state index in [1.807, 2.05) is 0 Å². The average Bonchev–Trinajstić information content (AvgIpc) is 2.59. The van der Waals surface area contributed by atoms with Crippen molar-refractivity contribution in [2.75, 3.05) is 0 Å². The molecule has 1 heterocycles. The van der Waals surface area contributed by atoms with E-state index in [1.54, 1.807) is 0 Å². The summed E-state index contributed by atoms with van der Waals surface area (Å²) in [5.41, 5.74) is -2.55. The lowest BCUT2D eigenvalue weighted by Crippen LogP contribution is -2.37. The van der Waals surface area contributed by atoms with Gasteiger partial charge in [0.25, 0.3) is 0 Å². The standard InChI is InChI=1S/C8H7F5N4/c1-4(2)17-6(5(3-14)15-16-17)7(9,10)8(11,12)13/h4H,1-2H3. The van der Waals surface area contributed by atoms with Crippen LogP contribution in [0.25, 0.3) is 0 Å². The average molecular weight is 254 g/mol. The van der Waals surface area contributed by atoms with Crippen molar-refractivity contribution in [2.45, 2.75) is 32.0 Å². The maximum atomic E-state index is 13.2. The molecule has 0 saturated carbocycles. The highest BCUT2D eigenvalue weighted by Gasteiger charge is 2.62. The Kier molecular flexibility index (Phi) is 3.09. The Balaban J connectivity index is 3.49. The fourth-order valence-electron chi connectivity index (χ4n) is 1.16. The van der Waals surface area contributed by atoms with E-state index in [-0.39, 0.29) is 0 Å². The molecule has 1 aromatic heterocycles. The molecule has 0 aliphatic carbocycles. The van der Waals surface area contributed by atoms with Crippen LogP contribution in [0.15, 0.2) is 0 Å². The molecule has 0 aliphatic rings. The zero-order chi connectivity index (χ0) is 13.4. The number of hydrogen-bond donors (Lipinski definition) is 0. The van der Waals surface area contributed by atoms with E-state index in [4.69, 9.17) is 5.26 Å². The summed E-state index contributed by atoms with van der Waals surface area (Å²) < 4.78 is 63.5. The van der Waals surface area contributed by atoms with E-state index >= 15 is 0 Å². The summed E-state index contributed by atoms with van der Waals surface area (Å²) in [5, 5.41) is 14.6. The first-order valence-electron chi connectivity index (χ1n) is 4.43. The monoisotopic (exact) mass is 254 g/mol. The second kappa shape index (κ2) is 3.94. The minimum Gasteiger partial charge on any atom is -0.239 e. The Hall–Kier alpha value is -1.72. The minimum atomic E-state index is -5.80. The van der Waals surface area contributed by atoms with E-state index in [1.165, 1.54) is 19.9 Å². The van der Waals surface area contributed by atoms with Gasteiger partial charge in [0.1, 0.15) is 6.07 Å². The first-order valence-corrected chi connectivity index (χ1v) is 4.43. The number of halogens is 5. The SMILES string of the molecule is CC(C)n1nnc(C#N)c1C(F)(F)C(F)(F)F. The van der Waals surface area contributed by atoms with Gasteiger partial charge in [0.2, 0.25) is 0 Å². The quantitative estimate of drug-likeness (QED) is 0.761. The van der Waals surface area contributed by atoms with Gasteiger partial charge >= 0.3 is 12.1 Å². The summed E-state index contributed by atoms with van der Waals surface area (Å²) >= 11 is 0. The van der Waals surface area contributed by atoms with Crippen molar-refractivity contribution in [3.8, 4) is 6.07 Å². The van der Waals surface area contributed by atoms with Crippen LogP contribution in [-0.4, -0.2) is 21.2 Å². The largest absolute Gasteiger partial charge is 0.459 e. The van der Waals surface area contributed by atoms with Crippen molar-refractivity contribution < 1.29 is 22.0 Å². The van der Waals surface area contributed by atoms with E-state index in [9.17, 15) is 22.0 Å². The zero-order valence-corrected chi connectivity index (χ0v) is 8.76. The summed E-state index contributed by atoms with van der Waals surface area (Å²) in [6.07, 6.45) is -5.80. The lowest BCUT2D eigenvalue weighted by atomic mass is 10.1. The van der Waals surface area contributed by atoms with Crippen molar-refractivity contribution in [2.24, 2.45) is 0 Å². The van der Waals surface area contributed by atoms with Crippen molar-refractivity contribution >= 4 is 0 Å². The third-order valence-electron chi connectivity index (χ3n) is 1.94. The normalized spacial score (nSPS) is 12.9. The first kappa shape index (κ1) is 13.3. The molecular weight excluding hydrogens is 247 g/mol. The van der Waals surface area contributed by atoms with Gasteiger partial charge in [-0.3, -0.25) is 0 Å². The Morgan fingerprint density at radius 3 is 2.12 bits per heavy atom. The third-order valence-corrected chi connectivity index (χ3v) is 1.94. The number of hydrogen-bond acceptors (Lipinski definition) is 3. The third kappa shape index (κ3) is 2.07. The molecule has 4 nitrogen and oxygen atoms in total. The molecular formula is C8H7F5N4. The van der Waals surface area contributed by atoms with Crippen molar-refractivity contribution in [3.63, 3.8) is 0 Å². The van der Waals surface area contributed by atoms with Gasteiger partial charge in [-0.2, -0.15) is 27.2 Å². The van der Waals surface area contributed by atoms with Gasteiger partial charge in [0.05, 0.1) is 0 Å². The lowest BCUT2D eigenvalue weighted by molar-refractivity contribution is -0.292. The number of rotatable bonds is 2. The minimum absolute atomic E-state index is 0.395. The zero-order valence-electron chi connectivity index (χ0n) is 8.76. The molecule has 0 unspecified atom stereocenters. The molecule has 0 radical (unpaired) electrons. The smallest absolute Gasteiger partial charge is 0.239 e. The van der Waals surface area contributed by atoms with Crippen LogP contribution in [0.5, 0.6) is 0 Å². The summed E-state index contributed by atoms with van der Waals surface area (Å²) in [5.74, 6) is -5.16. The number of alkyl halides is 5. The Morgan fingerprint density at radius 1 is 1.24 bits per heavy atom. The topological polar surface area (TPSA) is 54.5 Å². The van der Waals surface area contributed by atoms with Crippen LogP contribution in [0, 0.1) is 11.3 Å². The van der Waals surface area contributed by atoms with Gasteiger partial charge < -0.3 is 0 Å². The molecule has 0 amide bonds. The molecule has 0 N–H and O–H groups in total. The molecule has 0 spiro atoms. The van der Waals surface area contributed by atoms with E-state index in [0.29, 0.717) is 4.68 Å². The highest BCUT2D eigenvalue weighted by atomic mass is 19.4. The lowest BCUT2D eigenvalue weighted by Gasteiger charge is -2.21. The summed E-state index contributed by atoms with van der Waals surface area (Å²) in [6.45, 7) is 2.71. The van der Waals surface area contributed by atoms with Gasteiger partial charge in [0, 0.05) is 6.04 Å². The van der Waals surface area contributed by atoms with Crippen LogP contribution in [-0.2, 0) is 5.92 Å². The molecule has 0 aromatic carbocycles. The van der Waals surface area contributed by atoms with E-state index in [2.05, 4.69) is 10.3 Å². The van der Waals surface area contributed by atoms with Gasteiger partial charge in [0.15, 0.2) is 11.4 Å². The Labute approximate surface area is 92.6 Å². The van der Waals surface area contributed by atoms with Crippen LogP contribution in [0.3, 0.4) is 0 Å². The molecule has 0 aliphatic heterocycles. The summed E-state index contributed by atoms with van der Waals surface area (Å²) in [7, 11) is 0. The van der Waals surface area contributed by atoms with Crippen molar-refractivity contribution in [1.82, 2.24) is 15.0 Å². The summed E-state index contributed by atoms with van der Waals surface area (Å²) in [4.78, 5) is 0. The van der Waals surface area contributed by atoms with E-state index < -0.39 is 29.5 Å². The first-order chi connectivity index (χ1) is 7.63. The van der Waals surface area contributed by atoms with Crippen molar-refractivity contribution in [1.29, 1.82) is 5.26 Å². The van der Waals surface area contributed by atoms with Gasteiger partial charge in [-0.25, -0.2) is 4.68 Å². The number of nitrogens with zero attached hydrogens (tertiary/aromatic N) is 4. The number of aromatic nitrogens is 3. The molecule has 1 aromatic rings. The summed E-state index contributed by atoms with van der Waals surface area (Å²) in [6, 6.07) is 0.404. The second-order valence-electron chi connectivity index (χ2n) is 3.51. The second-order valence-corrected chi connectivity index (χ2v) is 3.51. The van der Waals surface area contributed by atoms with Gasteiger partial charge in [-0.05, 0) is 13.8 Å². The predicted octanol–water partition coefficient (Wildman–Crippen LogP) is 2.38. The maximum Gasteiger partial charge on any atom is 0.459 e. The van der Waals surface area contributed by atoms with Crippen LogP contribution in [0.4, 0.5) is 22.0 Å². The van der Waals surface area contributed by atoms with Crippen LogP contribution in [0.2, 0.25) is 0 Å². The molecule has 1 rings (SSSR count). The highest BCUT2D eigenvalue weighted by molar-refractivity contribution is 5.29. The van der Waals surface area contributed by atoms with Crippen LogP contribution >= 0.6 is 0 Å². The Morgan fingerprint density at radius 2 is 1.76 bits per heavy atom. The Bertz CT molecular complexity index is 453. The molecule has 0 atom stereocenters. The van der Waals surface area contributed by atoms with Crippen LogP contribution in [0.1, 0.15) is 31.3 Å². The van der Waals surface area contributed by atoms with Gasteiger partial charge in [-0.1, -0.05) is 5.21 Å².